The van der Waals surface area contributed by atoms with Gasteiger partial charge in [0.1, 0.15) is 5.75 Å². The number of hydrogen-bond acceptors (Lipinski definition) is 5. The number of phenols is 1. The number of pyridine rings is 1. The first-order valence-corrected chi connectivity index (χ1v) is 8.46. The Labute approximate surface area is 139 Å². The van der Waals surface area contributed by atoms with E-state index in [0.29, 0.717) is 40.9 Å². The minimum Gasteiger partial charge on any atom is -0.506 e. The number of aromatic nitrogens is 1. The Bertz CT molecular complexity index is 791. The van der Waals surface area contributed by atoms with Crippen molar-refractivity contribution in [3.63, 3.8) is 0 Å². The third-order valence-electron chi connectivity index (χ3n) is 5.37. The number of benzene rings is 1. The van der Waals surface area contributed by atoms with Crippen LogP contribution in [0.25, 0.3) is 10.9 Å². The molecule has 2 aliphatic rings. The first kappa shape index (κ1) is 15.6. The van der Waals surface area contributed by atoms with Crippen LogP contribution in [-0.2, 0) is 4.74 Å². The van der Waals surface area contributed by atoms with Crippen LogP contribution in [0.2, 0.25) is 0 Å². The summed E-state index contributed by atoms with van der Waals surface area (Å²) in [6.45, 7) is 2.17. The first-order valence-electron chi connectivity index (χ1n) is 8.46. The summed E-state index contributed by atoms with van der Waals surface area (Å²) < 4.78 is 5.49. The van der Waals surface area contributed by atoms with Gasteiger partial charge in [0, 0.05) is 37.3 Å². The zero-order valence-corrected chi connectivity index (χ0v) is 13.4. The maximum absolute atomic E-state index is 11.5. The van der Waals surface area contributed by atoms with Crippen LogP contribution in [0.15, 0.2) is 29.1 Å². The monoisotopic (exact) mass is 330 g/mol. The van der Waals surface area contributed by atoms with Crippen molar-refractivity contribution >= 4 is 10.9 Å². The van der Waals surface area contributed by atoms with Gasteiger partial charge >= 0.3 is 0 Å². The van der Waals surface area contributed by atoms with E-state index in [-0.39, 0.29) is 11.3 Å². The summed E-state index contributed by atoms with van der Waals surface area (Å²) in [6, 6.07) is 6.68. The number of ether oxygens (including phenoxy) is 1. The number of fused-ring (bicyclic) bond motifs is 2. The molecular formula is C18H22N2O4. The first-order chi connectivity index (χ1) is 11.6. The molecule has 2 aromatic rings. The number of phenolic OH excluding ortho intramolecular Hbond substituents is 1. The lowest BCUT2D eigenvalue weighted by Gasteiger charge is -2.19. The van der Waals surface area contributed by atoms with Crippen LogP contribution in [0.4, 0.5) is 0 Å². The molecule has 1 aromatic carbocycles. The lowest BCUT2D eigenvalue weighted by Crippen LogP contribution is -2.31. The van der Waals surface area contributed by atoms with E-state index in [1.54, 1.807) is 12.1 Å². The van der Waals surface area contributed by atoms with Gasteiger partial charge in [-0.15, -0.1) is 0 Å². The van der Waals surface area contributed by atoms with E-state index in [1.165, 1.54) is 12.1 Å². The molecule has 0 amide bonds. The Balaban J connectivity index is 1.48. The number of hydrogen-bond donors (Lipinski definition) is 4. The number of aromatic hydroxyl groups is 1. The second kappa shape index (κ2) is 6.20. The second-order valence-electron chi connectivity index (χ2n) is 6.94. The zero-order valence-electron chi connectivity index (χ0n) is 13.4. The van der Waals surface area contributed by atoms with Crippen molar-refractivity contribution in [2.24, 2.45) is 11.8 Å². The fourth-order valence-corrected chi connectivity index (χ4v) is 4.10. The van der Waals surface area contributed by atoms with Crippen LogP contribution in [-0.4, -0.2) is 41.0 Å². The third kappa shape index (κ3) is 2.81. The average Bonchev–Trinajstić information content (AvgIpc) is 3.15. The van der Waals surface area contributed by atoms with Crippen molar-refractivity contribution in [3.05, 3.63) is 40.2 Å². The Morgan fingerprint density at radius 3 is 2.71 bits per heavy atom. The third-order valence-corrected chi connectivity index (χ3v) is 5.37. The van der Waals surface area contributed by atoms with Crippen molar-refractivity contribution in [1.82, 2.24) is 10.3 Å². The summed E-state index contributed by atoms with van der Waals surface area (Å²) in [5, 5.41) is 24.6. The molecule has 0 spiro atoms. The summed E-state index contributed by atoms with van der Waals surface area (Å²) in [7, 11) is 0. The predicted molar refractivity (Wildman–Crippen MR) is 90.0 cm³/mol. The van der Waals surface area contributed by atoms with Crippen molar-refractivity contribution in [2.45, 2.75) is 25.0 Å². The molecule has 1 aliphatic heterocycles. The molecule has 0 radical (unpaired) electrons. The normalized spacial score (nSPS) is 27.5. The fraction of sp³-hybridized carbons (Fsp3) is 0.500. The number of rotatable bonds is 4. The van der Waals surface area contributed by atoms with Gasteiger partial charge in [-0.2, -0.15) is 0 Å². The second-order valence-corrected chi connectivity index (χ2v) is 6.94. The quantitative estimate of drug-likeness (QED) is 0.677. The maximum Gasteiger partial charge on any atom is 0.248 e. The molecule has 1 saturated heterocycles. The highest BCUT2D eigenvalue weighted by Gasteiger charge is 2.38. The SMILES string of the molecule is O=c1ccc2c([C@@H](O)CNC3CC4COCC4C3)ccc(O)c2[nH]1. The Kier molecular flexibility index (Phi) is 4.04. The average molecular weight is 330 g/mol. The van der Waals surface area contributed by atoms with E-state index >= 15 is 0 Å². The smallest absolute Gasteiger partial charge is 0.248 e. The van der Waals surface area contributed by atoms with Gasteiger partial charge < -0.3 is 25.3 Å². The molecule has 4 rings (SSSR count). The molecule has 1 aliphatic carbocycles. The molecule has 2 unspecified atom stereocenters. The van der Waals surface area contributed by atoms with E-state index in [2.05, 4.69) is 10.3 Å². The highest BCUT2D eigenvalue weighted by atomic mass is 16.5. The molecule has 2 heterocycles. The largest absolute Gasteiger partial charge is 0.506 e. The van der Waals surface area contributed by atoms with Crippen LogP contribution in [0, 0.1) is 11.8 Å². The highest BCUT2D eigenvalue weighted by Crippen LogP contribution is 2.37. The summed E-state index contributed by atoms with van der Waals surface area (Å²) >= 11 is 0. The van der Waals surface area contributed by atoms with Crippen LogP contribution >= 0.6 is 0 Å². The van der Waals surface area contributed by atoms with Crippen molar-refractivity contribution in [2.75, 3.05) is 19.8 Å². The topological polar surface area (TPSA) is 94.6 Å². The van der Waals surface area contributed by atoms with E-state index < -0.39 is 6.10 Å². The summed E-state index contributed by atoms with van der Waals surface area (Å²) in [5.74, 6) is 1.31. The van der Waals surface area contributed by atoms with Gasteiger partial charge in [0.25, 0.3) is 0 Å². The minimum atomic E-state index is -0.698. The van der Waals surface area contributed by atoms with E-state index in [4.69, 9.17) is 4.74 Å². The van der Waals surface area contributed by atoms with Gasteiger partial charge in [0.15, 0.2) is 0 Å². The van der Waals surface area contributed by atoms with Gasteiger partial charge in [-0.1, -0.05) is 6.07 Å². The van der Waals surface area contributed by atoms with Gasteiger partial charge in [-0.25, -0.2) is 0 Å². The number of aliphatic hydroxyl groups excluding tert-OH is 1. The molecule has 6 heteroatoms. The molecule has 2 fully saturated rings. The van der Waals surface area contributed by atoms with Gasteiger partial charge in [0.2, 0.25) is 5.56 Å². The van der Waals surface area contributed by atoms with Gasteiger partial charge in [-0.3, -0.25) is 4.79 Å². The van der Waals surface area contributed by atoms with Gasteiger partial charge in [0.05, 0.1) is 11.6 Å². The van der Waals surface area contributed by atoms with E-state index in [9.17, 15) is 15.0 Å². The molecule has 24 heavy (non-hydrogen) atoms. The van der Waals surface area contributed by atoms with Crippen LogP contribution in [0.1, 0.15) is 24.5 Å². The number of aliphatic hydroxyl groups is 1. The Morgan fingerprint density at radius 1 is 1.21 bits per heavy atom. The molecule has 0 bridgehead atoms. The maximum atomic E-state index is 11.5. The van der Waals surface area contributed by atoms with E-state index in [1.807, 2.05) is 0 Å². The number of aromatic amines is 1. The summed E-state index contributed by atoms with van der Waals surface area (Å²) in [6.07, 6.45) is 1.50. The molecule has 3 atom stereocenters. The fourth-order valence-electron chi connectivity index (χ4n) is 4.10. The Morgan fingerprint density at radius 2 is 1.96 bits per heavy atom. The minimum absolute atomic E-state index is 0.00947. The van der Waals surface area contributed by atoms with Gasteiger partial charge in [-0.05, 0) is 42.4 Å². The molecule has 6 nitrogen and oxygen atoms in total. The van der Waals surface area contributed by atoms with Crippen LogP contribution < -0.4 is 10.9 Å². The lowest BCUT2D eigenvalue weighted by atomic mass is 10.0. The van der Waals surface area contributed by atoms with Crippen molar-refractivity contribution in [1.29, 1.82) is 0 Å². The summed E-state index contributed by atoms with van der Waals surface area (Å²) in [5.41, 5.74) is 0.793. The van der Waals surface area contributed by atoms with Crippen molar-refractivity contribution < 1.29 is 14.9 Å². The van der Waals surface area contributed by atoms with Crippen LogP contribution in [0.5, 0.6) is 5.75 Å². The lowest BCUT2D eigenvalue weighted by molar-refractivity contribution is 0.157. The standard InChI is InChI=1S/C18H22N2O4/c21-15-3-1-13(14-2-4-17(23)20-18(14)15)16(22)7-19-12-5-10-8-24-9-11(10)6-12/h1-4,10-12,16,19,21-22H,5-9H2,(H,20,23)/t10?,11?,12?,16-/m0/s1. The molecule has 1 saturated carbocycles. The number of H-pyrrole nitrogens is 1. The predicted octanol–water partition coefficient (Wildman–Crippen LogP) is 1.28. The number of nitrogens with one attached hydrogen (secondary N) is 2. The molecular weight excluding hydrogens is 308 g/mol. The molecule has 128 valence electrons. The molecule has 1 aromatic heterocycles. The Hall–Kier alpha value is -1.89. The van der Waals surface area contributed by atoms with Crippen molar-refractivity contribution in [3.8, 4) is 5.75 Å². The molecule has 4 N–H and O–H groups in total. The van der Waals surface area contributed by atoms with Crippen LogP contribution in [0.3, 0.4) is 0 Å². The van der Waals surface area contributed by atoms with E-state index in [0.717, 1.165) is 26.1 Å². The zero-order chi connectivity index (χ0) is 16.7. The highest BCUT2D eigenvalue weighted by molar-refractivity contribution is 5.87. The summed E-state index contributed by atoms with van der Waals surface area (Å²) in [4.78, 5) is 14.1.